The maximum atomic E-state index is 5.95. The summed E-state index contributed by atoms with van der Waals surface area (Å²) in [5.41, 5.74) is 4.81. The van der Waals surface area contributed by atoms with Gasteiger partial charge in [0.05, 0.1) is 7.11 Å². The summed E-state index contributed by atoms with van der Waals surface area (Å²) < 4.78 is 11.2. The number of oxazole rings is 1. The molecule has 3 aromatic carbocycles. The Bertz CT molecular complexity index is 958. The summed E-state index contributed by atoms with van der Waals surface area (Å²) in [4.78, 5) is 4.57. The molecule has 4 rings (SSSR count). The van der Waals surface area contributed by atoms with Crippen LogP contribution in [0.25, 0.3) is 33.7 Å². The second kappa shape index (κ2) is 5.61. The number of nitrogens with zero attached hydrogens (tertiary/aromatic N) is 1. The summed E-state index contributed by atoms with van der Waals surface area (Å²) in [5, 5.41) is 0. The summed E-state index contributed by atoms with van der Waals surface area (Å²) >= 11 is 0. The van der Waals surface area contributed by atoms with Gasteiger partial charge in [0, 0.05) is 5.56 Å². The van der Waals surface area contributed by atoms with E-state index in [0.29, 0.717) is 5.89 Å². The van der Waals surface area contributed by atoms with Crippen molar-refractivity contribution in [3.63, 3.8) is 0 Å². The van der Waals surface area contributed by atoms with E-state index in [1.54, 1.807) is 7.11 Å². The van der Waals surface area contributed by atoms with E-state index in [-0.39, 0.29) is 0 Å². The van der Waals surface area contributed by atoms with Crippen LogP contribution in [0.2, 0.25) is 0 Å². The summed E-state index contributed by atoms with van der Waals surface area (Å²) in [6.07, 6.45) is 0. The fraction of sp³-hybridized carbons (Fsp3) is 0.0500. The minimum Gasteiger partial charge on any atom is -0.497 e. The molecule has 0 aliphatic rings. The van der Waals surface area contributed by atoms with Crippen LogP contribution >= 0.6 is 0 Å². The summed E-state index contributed by atoms with van der Waals surface area (Å²) in [7, 11) is 1.65. The highest BCUT2D eigenvalue weighted by Gasteiger charge is 2.10. The molecular weight excluding hydrogens is 286 g/mol. The predicted molar refractivity (Wildman–Crippen MR) is 91.4 cm³/mol. The molecule has 0 aliphatic carbocycles. The van der Waals surface area contributed by atoms with E-state index in [9.17, 15) is 0 Å². The van der Waals surface area contributed by atoms with Crippen molar-refractivity contribution in [1.29, 1.82) is 0 Å². The molecule has 0 radical (unpaired) electrons. The fourth-order valence-electron chi connectivity index (χ4n) is 2.61. The number of aromatic nitrogens is 1. The first-order chi connectivity index (χ1) is 11.3. The minimum atomic E-state index is 0.601. The van der Waals surface area contributed by atoms with E-state index in [2.05, 4.69) is 23.2 Å². The van der Waals surface area contributed by atoms with Gasteiger partial charge in [-0.1, -0.05) is 42.5 Å². The number of hydrogen-bond acceptors (Lipinski definition) is 3. The Kier molecular flexibility index (Phi) is 3.31. The van der Waals surface area contributed by atoms with Gasteiger partial charge in [0.15, 0.2) is 5.58 Å². The number of hydrogen-bond donors (Lipinski definition) is 0. The van der Waals surface area contributed by atoms with Crippen LogP contribution in [-0.2, 0) is 0 Å². The fourth-order valence-corrected chi connectivity index (χ4v) is 2.61. The Labute approximate surface area is 134 Å². The molecule has 0 saturated carbocycles. The molecule has 0 atom stereocenters. The number of rotatable bonds is 3. The number of benzene rings is 3. The Balaban J connectivity index is 1.79. The third-order valence-electron chi connectivity index (χ3n) is 3.81. The van der Waals surface area contributed by atoms with Crippen LogP contribution in [0, 0.1) is 0 Å². The van der Waals surface area contributed by atoms with E-state index in [1.807, 2.05) is 54.6 Å². The molecule has 3 nitrogen and oxygen atoms in total. The Morgan fingerprint density at radius 2 is 1.61 bits per heavy atom. The van der Waals surface area contributed by atoms with Crippen LogP contribution in [0.3, 0.4) is 0 Å². The van der Waals surface area contributed by atoms with Crippen LogP contribution in [-0.4, -0.2) is 12.1 Å². The van der Waals surface area contributed by atoms with Crippen LogP contribution in [0.5, 0.6) is 5.75 Å². The average Bonchev–Trinajstić information content (AvgIpc) is 3.06. The third-order valence-corrected chi connectivity index (χ3v) is 3.81. The molecule has 0 saturated heterocycles. The van der Waals surface area contributed by atoms with E-state index in [0.717, 1.165) is 33.5 Å². The SMILES string of the molecule is COc1cccc(-c2nc3ccc(-c4ccccc4)cc3o2)c1. The first-order valence-corrected chi connectivity index (χ1v) is 7.44. The third kappa shape index (κ3) is 2.57. The van der Waals surface area contributed by atoms with E-state index < -0.39 is 0 Å². The zero-order valence-electron chi connectivity index (χ0n) is 12.7. The lowest BCUT2D eigenvalue weighted by Crippen LogP contribution is -1.83. The molecule has 0 aliphatic heterocycles. The van der Waals surface area contributed by atoms with Gasteiger partial charge in [-0.15, -0.1) is 0 Å². The average molecular weight is 301 g/mol. The van der Waals surface area contributed by atoms with Gasteiger partial charge in [-0.3, -0.25) is 0 Å². The van der Waals surface area contributed by atoms with Crippen LogP contribution in [0.15, 0.2) is 77.2 Å². The molecule has 4 aromatic rings. The van der Waals surface area contributed by atoms with Crippen molar-refractivity contribution >= 4 is 11.1 Å². The summed E-state index contributed by atoms with van der Waals surface area (Å²) in [5.74, 6) is 1.39. The molecule has 3 heteroatoms. The normalized spacial score (nSPS) is 10.8. The lowest BCUT2D eigenvalue weighted by molar-refractivity contribution is 0.415. The van der Waals surface area contributed by atoms with Crippen molar-refractivity contribution < 1.29 is 9.15 Å². The molecule has 112 valence electrons. The molecular formula is C20H15NO2. The number of fused-ring (bicyclic) bond motifs is 1. The van der Waals surface area contributed by atoms with Crippen LogP contribution in [0.1, 0.15) is 0 Å². The summed E-state index contributed by atoms with van der Waals surface area (Å²) in [6.45, 7) is 0. The van der Waals surface area contributed by atoms with Crippen molar-refractivity contribution in [2.24, 2.45) is 0 Å². The topological polar surface area (TPSA) is 35.3 Å². The number of ether oxygens (including phenoxy) is 1. The molecule has 0 unspecified atom stereocenters. The van der Waals surface area contributed by atoms with E-state index in [1.165, 1.54) is 0 Å². The predicted octanol–water partition coefficient (Wildman–Crippen LogP) is 5.17. The van der Waals surface area contributed by atoms with Gasteiger partial charge in [-0.05, 0) is 41.5 Å². The molecule has 0 fully saturated rings. The Morgan fingerprint density at radius 3 is 2.43 bits per heavy atom. The standard InChI is InChI=1S/C20H15NO2/c1-22-17-9-5-8-16(12-17)20-21-18-11-10-15(13-19(18)23-20)14-6-3-2-4-7-14/h2-13H,1H3. The Morgan fingerprint density at radius 1 is 0.783 bits per heavy atom. The van der Waals surface area contributed by atoms with Crippen molar-refractivity contribution in [2.45, 2.75) is 0 Å². The maximum absolute atomic E-state index is 5.95. The van der Waals surface area contributed by atoms with Crippen molar-refractivity contribution in [1.82, 2.24) is 4.98 Å². The van der Waals surface area contributed by atoms with Gasteiger partial charge in [-0.25, -0.2) is 4.98 Å². The monoisotopic (exact) mass is 301 g/mol. The molecule has 23 heavy (non-hydrogen) atoms. The van der Waals surface area contributed by atoms with Crippen molar-refractivity contribution in [2.75, 3.05) is 7.11 Å². The van der Waals surface area contributed by atoms with Crippen LogP contribution in [0.4, 0.5) is 0 Å². The van der Waals surface area contributed by atoms with Gasteiger partial charge in [-0.2, -0.15) is 0 Å². The second-order valence-electron chi connectivity index (χ2n) is 5.30. The molecule has 0 spiro atoms. The van der Waals surface area contributed by atoms with Crippen LogP contribution < -0.4 is 4.74 Å². The zero-order chi connectivity index (χ0) is 15.6. The van der Waals surface area contributed by atoms with E-state index >= 15 is 0 Å². The summed E-state index contributed by atoms with van der Waals surface area (Å²) in [6, 6.07) is 24.0. The number of methoxy groups -OCH3 is 1. The van der Waals surface area contributed by atoms with Gasteiger partial charge >= 0.3 is 0 Å². The van der Waals surface area contributed by atoms with Gasteiger partial charge < -0.3 is 9.15 Å². The smallest absolute Gasteiger partial charge is 0.227 e. The molecule has 0 bridgehead atoms. The first kappa shape index (κ1) is 13.6. The molecule has 0 amide bonds. The molecule has 1 heterocycles. The molecule has 1 aromatic heterocycles. The highest BCUT2D eigenvalue weighted by Crippen LogP contribution is 2.29. The first-order valence-electron chi connectivity index (χ1n) is 7.44. The minimum absolute atomic E-state index is 0.601. The second-order valence-corrected chi connectivity index (χ2v) is 5.30. The highest BCUT2D eigenvalue weighted by atomic mass is 16.5. The maximum Gasteiger partial charge on any atom is 0.227 e. The largest absolute Gasteiger partial charge is 0.497 e. The Hall–Kier alpha value is -3.07. The molecule has 0 N–H and O–H groups in total. The van der Waals surface area contributed by atoms with Gasteiger partial charge in [0.2, 0.25) is 5.89 Å². The van der Waals surface area contributed by atoms with Gasteiger partial charge in [0.25, 0.3) is 0 Å². The lowest BCUT2D eigenvalue weighted by atomic mass is 10.1. The zero-order valence-corrected chi connectivity index (χ0v) is 12.7. The quantitative estimate of drug-likeness (QED) is 0.523. The van der Waals surface area contributed by atoms with Crippen molar-refractivity contribution in [3.8, 4) is 28.3 Å². The highest BCUT2D eigenvalue weighted by molar-refractivity contribution is 5.82. The van der Waals surface area contributed by atoms with E-state index in [4.69, 9.17) is 9.15 Å². The van der Waals surface area contributed by atoms with Crippen molar-refractivity contribution in [3.05, 3.63) is 72.8 Å². The van der Waals surface area contributed by atoms with Gasteiger partial charge in [0.1, 0.15) is 11.3 Å². The lowest BCUT2D eigenvalue weighted by Gasteiger charge is -2.00.